The monoisotopic (exact) mass is 294 g/mol. The van der Waals surface area contributed by atoms with E-state index in [4.69, 9.17) is 15.2 Å². The number of hydrogen-bond acceptors (Lipinski definition) is 4. The van der Waals surface area contributed by atoms with Crippen LogP contribution in [0, 0.1) is 13.8 Å². The maximum atomic E-state index is 11.8. The summed E-state index contributed by atoms with van der Waals surface area (Å²) in [6.45, 7) is 4.02. The number of carbonyl (C=O) groups excluding carboxylic acids is 2. The zero-order valence-electron chi connectivity index (χ0n) is 12.6. The van der Waals surface area contributed by atoms with Crippen molar-refractivity contribution in [1.29, 1.82) is 0 Å². The van der Waals surface area contributed by atoms with E-state index in [0.717, 1.165) is 11.1 Å². The number of nitrogens with one attached hydrogen (secondary N) is 1. The summed E-state index contributed by atoms with van der Waals surface area (Å²) in [5.74, 6) is -0.333. The summed E-state index contributed by atoms with van der Waals surface area (Å²) in [6.07, 6.45) is 0.334. The van der Waals surface area contributed by atoms with Gasteiger partial charge in [0.05, 0.1) is 0 Å². The Morgan fingerprint density at radius 2 is 2.05 bits per heavy atom. The molecule has 0 aliphatic carbocycles. The van der Waals surface area contributed by atoms with Crippen molar-refractivity contribution in [3.8, 4) is 5.75 Å². The summed E-state index contributed by atoms with van der Waals surface area (Å²) >= 11 is 0. The molecule has 1 aromatic rings. The molecule has 2 amide bonds. The first-order valence-electron chi connectivity index (χ1n) is 6.71. The summed E-state index contributed by atoms with van der Waals surface area (Å²) in [4.78, 5) is 23.0. The van der Waals surface area contributed by atoms with Crippen molar-refractivity contribution in [2.45, 2.75) is 26.3 Å². The van der Waals surface area contributed by atoms with E-state index in [1.54, 1.807) is 0 Å². The third kappa shape index (κ3) is 5.83. The van der Waals surface area contributed by atoms with Gasteiger partial charge in [0.1, 0.15) is 11.8 Å². The van der Waals surface area contributed by atoms with Crippen LogP contribution in [0.2, 0.25) is 0 Å². The molecule has 0 spiro atoms. The first kappa shape index (κ1) is 17.0. The number of ether oxygens (including phenoxy) is 2. The van der Waals surface area contributed by atoms with E-state index in [1.807, 2.05) is 32.0 Å². The Hall–Kier alpha value is -2.08. The number of rotatable bonds is 8. The second kappa shape index (κ2) is 8.26. The molecule has 0 bridgehead atoms. The zero-order valence-corrected chi connectivity index (χ0v) is 12.6. The normalized spacial score (nSPS) is 11.8. The lowest BCUT2D eigenvalue weighted by Gasteiger charge is -2.16. The third-order valence-electron chi connectivity index (χ3n) is 2.99. The molecule has 0 heterocycles. The Labute approximate surface area is 124 Å². The Bertz CT molecular complexity index is 502. The quantitative estimate of drug-likeness (QED) is 0.738. The Balaban J connectivity index is 2.52. The van der Waals surface area contributed by atoms with Gasteiger partial charge in [0, 0.05) is 13.7 Å². The van der Waals surface area contributed by atoms with Crippen LogP contribution in [-0.4, -0.2) is 38.2 Å². The van der Waals surface area contributed by atoms with E-state index in [0.29, 0.717) is 18.8 Å². The summed E-state index contributed by atoms with van der Waals surface area (Å²) in [5.41, 5.74) is 7.22. The van der Waals surface area contributed by atoms with Crippen LogP contribution in [0.1, 0.15) is 17.5 Å². The van der Waals surface area contributed by atoms with Gasteiger partial charge in [-0.05, 0) is 37.5 Å². The van der Waals surface area contributed by atoms with Crippen LogP contribution >= 0.6 is 0 Å². The number of carbonyl (C=O) groups is 2. The zero-order chi connectivity index (χ0) is 15.8. The summed E-state index contributed by atoms with van der Waals surface area (Å²) in [6, 6.07) is 5.00. The molecule has 1 rings (SSSR count). The third-order valence-corrected chi connectivity index (χ3v) is 2.99. The van der Waals surface area contributed by atoms with Crippen LogP contribution in [0.4, 0.5) is 0 Å². The molecule has 0 aromatic heterocycles. The van der Waals surface area contributed by atoms with Gasteiger partial charge in [-0.3, -0.25) is 9.59 Å². The molecule has 0 aliphatic heterocycles. The molecular formula is C15H22N2O4. The maximum absolute atomic E-state index is 11.8. The topological polar surface area (TPSA) is 90.7 Å². The van der Waals surface area contributed by atoms with Crippen molar-refractivity contribution in [3.05, 3.63) is 29.3 Å². The molecule has 0 saturated carbocycles. The second-order valence-corrected chi connectivity index (χ2v) is 4.86. The Morgan fingerprint density at radius 3 is 2.67 bits per heavy atom. The summed E-state index contributed by atoms with van der Waals surface area (Å²) in [5, 5.41) is 2.54. The molecule has 1 atom stereocenters. The predicted octanol–water partition coefficient (Wildman–Crippen LogP) is 0.689. The molecule has 6 nitrogen and oxygen atoms in total. The number of benzene rings is 1. The first-order chi connectivity index (χ1) is 9.93. The van der Waals surface area contributed by atoms with Crippen LogP contribution in [0.5, 0.6) is 5.75 Å². The smallest absolute Gasteiger partial charge is 0.258 e. The van der Waals surface area contributed by atoms with Gasteiger partial charge in [-0.15, -0.1) is 0 Å². The molecule has 0 radical (unpaired) electrons. The summed E-state index contributed by atoms with van der Waals surface area (Å²) < 4.78 is 10.3. The van der Waals surface area contributed by atoms with Gasteiger partial charge in [-0.25, -0.2) is 0 Å². The molecule has 6 heteroatoms. The molecule has 0 aliphatic rings. The van der Waals surface area contributed by atoms with Crippen LogP contribution in [-0.2, 0) is 14.3 Å². The molecule has 3 N–H and O–H groups in total. The van der Waals surface area contributed by atoms with Gasteiger partial charge >= 0.3 is 0 Å². The largest absolute Gasteiger partial charge is 0.483 e. The van der Waals surface area contributed by atoms with Crippen molar-refractivity contribution in [1.82, 2.24) is 5.32 Å². The van der Waals surface area contributed by atoms with Crippen molar-refractivity contribution in [2.75, 3.05) is 20.3 Å². The molecule has 1 aromatic carbocycles. The highest BCUT2D eigenvalue weighted by molar-refractivity contribution is 5.87. The number of methoxy groups -OCH3 is 1. The highest BCUT2D eigenvalue weighted by Gasteiger charge is 2.18. The fourth-order valence-electron chi connectivity index (χ4n) is 1.76. The van der Waals surface area contributed by atoms with E-state index >= 15 is 0 Å². The van der Waals surface area contributed by atoms with Gasteiger partial charge in [0.2, 0.25) is 5.91 Å². The van der Waals surface area contributed by atoms with E-state index in [9.17, 15) is 9.59 Å². The van der Waals surface area contributed by atoms with Gasteiger partial charge in [0.25, 0.3) is 5.91 Å². The van der Waals surface area contributed by atoms with Crippen molar-refractivity contribution in [2.24, 2.45) is 5.73 Å². The molecule has 0 saturated heterocycles. The van der Waals surface area contributed by atoms with Gasteiger partial charge in [-0.2, -0.15) is 0 Å². The second-order valence-electron chi connectivity index (χ2n) is 4.86. The van der Waals surface area contributed by atoms with Crippen LogP contribution in [0.3, 0.4) is 0 Å². The highest BCUT2D eigenvalue weighted by Crippen LogP contribution is 2.18. The minimum absolute atomic E-state index is 0.166. The van der Waals surface area contributed by atoms with E-state index in [1.165, 1.54) is 7.11 Å². The SMILES string of the molecule is COCC[C@@H](NC(=O)COc1cc(C)ccc1C)C(N)=O. The standard InChI is InChI=1S/C15H22N2O4/c1-10-4-5-11(2)13(8-10)21-9-14(18)17-12(15(16)19)6-7-20-3/h4-5,8,12H,6-7,9H2,1-3H3,(H2,16,19)(H,17,18)/t12-/m1/s1. The average Bonchev–Trinajstić information content (AvgIpc) is 2.44. The maximum Gasteiger partial charge on any atom is 0.258 e. The number of aryl methyl sites for hydroxylation is 2. The number of hydrogen-bond donors (Lipinski definition) is 2. The van der Waals surface area contributed by atoms with Crippen molar-refractivity contribution in [3.63, 3.8) is 0 Å². The van der Waals surface area contributed by atoms with Gasteiger partial charge < -0.3 is 20.5 Å². The number of amides is 2. The average molecular weight is 294 g/mol. The van der Waals surface area contributed by atoms with Crippen molar-refractivity contribution >= 4 is 11.8 Å². The number of primary amides is 1. The van der Waals surface area contributed by atoms with Crippen LogP contribution in [0.15, 0.2) is 18.2 Å². The molecule has 0 unspecified atom stereocenters. The van der Waals surface area contributed by atoms with Crippen LogP contribution in [0.25, 0.3) is 0 Å². The minimum Gasteiger partial charge on any atom is -0.483 e. The highest BCUT2D eigenvalue weighted by atomic mass is 16.5. The van der Waals surface area contributed by atoms with Gasteiger partial charge in [-0.1, -0.05) is 12.1 Å². The fourth-order valence-corrected chi connectivity index (χ4v) is 1.76. The van der Waals surface area contributed by atoms with E-state index in [-0.39, 0.29) is 6.61 Å². The van der Waals surface area contributed by atoms with E-state index < -0.39 is 17.9 Å². The molecule has 21 heavy (non-hydrogen) atoms. The lowest BCUT2D eigenvalue weighted by Crippen LogP contribution is -2.46. The Morgan fingerprint density at radius 1 is 1.33 bits per heavy atom. The molecule has 116 valence electrons. The summed E-state index contributed by atoms with van der Waals surface area (Å²) in [7, 11) is 1.52. The van der Waals surface area contributed by atoms with E-state index in [2.05, 4.69) is 5.32 Å². The predicted molar refractivity (Wildman–Crippen MR) is 79.0 cm³/mol. The van der Waals surface area contributed by atoms with Crippen LogP contribution < -0.4 is 15.8 Å². The molecular weight excluding hydrogens is 272 g/mol. The molecule has 0 fully saturated rings. The Kier molecular flexibility index (Phi) is 6.68. The lowest BCUT2D eigenvalue weighted by atomic mass is 10.1. The minimum atomic E-state index is -0.750. The lowest BCUT2D eigenvalue weighted by molar-refractivity contribution is -0.128. The fraction of sp³-hybridized carbons (Fsp3) is 0.467. The van der Waals surface area contributed by atoms with Crippen molar-refractivity contribution < 1.29 is 19.1 Å². The van der Waals surface area contributed by atoms with Gasteiger partial charge in [0.15, 0.2) is 6.61 Å². The number of nitrogens with two attached hydrogens (primary N) is 1. The first-order valence-corrected chi connectivity index (χ1v) is 6.71.